The number of nitrogens with zero attached hydrogens (tertiary/aromatic N) is 1. The van der Waals surface area contributed by atoms with Crippen LogP contribution in [-0.2, 0) is 9.09 Å². The van der Waals surface area contributed by atoms with Gasteiger partial charge in [-0.1, -0.05) is 32.2 Å². The smallest absolute Gasteiger partial charge is 0.255 e. The van der Waals surface area contributed by atoms with Gasteiger partial charge in [-0.2, -0.15) is 0 Å². The Morgan fingerprint density at radius 3 is 2.12 bits per heavy atom. The van der Waals surface area contributed by atoms with Gasteiger partial charge in [-0.05, 0) is 12.3 Å². The van der Waals surface area contributed by atoms with Crippen LogP contribution in [0.3, 0.4) is 0 Å². The van der Waals surface area contributed by atoms with Crippen LogP contribution in [0.4, 0.5) is 0 Å². The van der Waals surface area contributed by atoms with Crippen molar-refractivity contribution in [2.45, 2.75) is 33.8 Å². The monoisotopic (exact) mass is 282 g/mol. The highest BCUT2D eigenvalue weighted by Gasteiger charge is 2.28. The normalized spacial score (nSPS) is 18.8. The van der Waals surface area contributed by atoms with E-state index in [2.05, 4.69) is 41.9 Å². The minimum absolute atomic E-state index is 0.00922. The Balaban J connectivity index is 4.18. The minimum Gasteiger partial charge on any atom is -0.330 e. The molecule has 2 atom stereocenters. The molecule has 1 unspecified atom stereocenters. The van der Waals surface area contributed by atoms with Crippen LogP contribution in [0.2, 0.25) is 0 Å². The van der Waals surface area contributed by atoms with Crippen LogP contribution in [0.5, 0.6) is 0 Å². The summed E-state index contributed by atoms with van der Waals surface area (Å²) in [6, 6.07) is 0. The largest absolute Gasteiger partial charge is 0.330 e. The first kappa shape index (κ1) is 17.5. The van der Waals surface area contributed by atoms with E-state index in [9.17, 15) is 4.57 Å². The lowest BCUT2D eigenvalue weighted by atomic mass is 9.91. The second-order valence-electron chi connectivity index (χ2n) is 6.73. The van der Waals surface area contributed by atoms with E-state index >= 15 is 0 Å². The Bertz CT molecular complexity index is 281. The molecule has 104 valence electrons. The van der Waals surface area contributed by atoms with E-state index in [4.69, 9.17) is 4.52 Å². The molecule has 0 fully saturated rings. The molecule has 3 nitrogen and oxygen atoms in total. The van der Waals surface area contributed by atoms with E-state index in [1.807, 2.05) is 6.92 Å². The summed E-state index contributed by atoms with van der Waals surface area (Å²) in [5.41, 5.74) is 0.0340. The summed E-state index contributed by atoms with van der Waals surface area (Å²) in [7, 11) is 6.42. The third kappa shape index (κ3) is 9.12. The maximum absolute atomic E-state index is 12.3. The predicted octanol–water partition coefficient (Wildman–Crippen LogP) is 3.70. The highest BCUT2D eigenvalue weighted by Crippen LogP contribution is 2.58. The summed E-state index contributed by atoms with van der Waals surface area (Å²) < 4.78 is 18.9. The fraction of sp³-hybridized carbons (Fsp3) is 1.00. The molecule has 0 aliphatic rings. The SMILES string of the molecule is CC(O[P@](C)(=O)SCC[N+](C)(C)C)C(C)(C)C. The van der Waals surface area contributed by atoms with Crippen molar-refractivity contribution in [2.24, 2.45) is 5.41 Å². The van der Waals surface area contributed by atoms with Crippen LogP contribution in [-0.4, -0.2) is 50.7 Å². The third-order valence-electron chi connectivity index (χ3n) is 2.66. The van der Waals surface area contributed by atoms with E-state index in [0.717, 1.165) is 16.8 Å². The lowest BCUT2D eigenvalue weighted by Crippen LogP contribution is -2.36. The standard InChI is InChI=1S/C12H29NO2PS/c1-11(12(2,3)4)15-16(8,14)17-10-9-13(5,6)7/h11H,9-10H2,1-8H3/q+1/t11?,16-/m0/s1. The highest BCUT2D eigenvalue weighted by molar-refractivity contribution is 8.56. The number of quaternary nitrogens is 1. The van der Waals surface area contributed by atoms with Gasteiger partial charge in [0.05, 0.1) is 39.5 Å². The summed E-state index contributed by atoms with van der Waals surface area (Å²) in [6.07, 6.45) is 0.00922. The van der Waals surface area contributed by atoms with Crippen LogP contribution in [0.25, 0.3) is 0 Å². The van der Waals surface area contributed by atoms with Gasteiger partial charge in [-0.3, -0.25) is 4.57 Å². The molecular formula is C12H29NO2PS+. The van der Waals surface area contributed by atoms with E-state index in [0.29, 0.717) is 0 Å². The summed E-state index contributed by atoms with van der Waals surface area (Å²) in [4.78, 5) is 0. The van der Waals surface area contributed by atoms with E-state index in [1.54, 1.807) is 6.66 Å². The fourth-order valence-electron chi connectivity index (χ4n) is 0.956. The van der Waals surface area contributed by atoms with Gasteiger partial charge in [-0.15, -0.1) is 0 Å². The van der Waals surface area contributed by atoms with Crippen LogP contribution in [0, 0.1) is 5.41 Å². The maximum Gasteiger partial charge on any atom is 0.255 e. The number of hydrogen-bond acceptors (Lipinski definition) is 3. The van der Waals surface area contributed by atoms with Crippen molar-refractivity contribution in [3.8, 4) is 0 Å². The average molecular weight is 282 g/mol. The predicted molar refractivity (Wildman–Crippen MR) is 78.9 cm³/mol. The summed E-state index contributed by atoms with van der Waals surface area (Å²) in [5, 5.41) is 0. The first-order chi connectivity index (χ1) is 7.33. The Hall–Kier alpha value is 0.500. The average Bonchev–Trinajstić information content (AvgIpc) is 1.97. The Morgan fingerprint density at radius 2 is 1.76 bits per heavy atom. The molecule has 0 saturated carbocycles. The first-order valence-electron chi connectivity index (χ1n) is 6.04. The highest BCUT2D eigenvalue weighted by atomic mass is 32.7. The lowest BCUT2D eigenvalue weighted by molar-refractivity contribution is -0.867. The van der Waals surface area contributed by atoms with Gasteiger partial charge in [0.1, 0.15) is 0 Å². The fourth-order valence-corrected chi connectivity index (χ4v) is 4.68. The Kier molecular flexibility index (Phi) is 6.28. The second-order valence-corrected chi connectivity index (χ2v) is 11.9. The van der Waals surface area contributed by atoms with E-state index in [1.165, 1.54) is 11.4 Å². The molecule has 0 aromatic rings. The maximum atomic E-state index is 12.3. The van der Waals surface area contributed by atoms with Gasteiger partial charge < -0.3 is 9.01 Å². The van der Waals surface area contributed by atoms with Crippen molar-refractivity contribution < 1.29 is 13.6 Å². The molecule has 0 aliphatic heterocycles. The van der Waals surface area contributed by atoms with Gasteiger partial charge in [0.15, 0.2) is 0 Å². The molecule has 0 heterocycles. The van der Waals surface area contributed by atoms with Crippen LogP contribution >= 0.6 is 18.0 Å². The van der Waals surface area contributed by atoms with Gasteiger partial charge in [0.25, 0.3) is 6.57 Å². The minimum atomic E-state index is -2.52. The molecule has 0 aliphatic carbocycles. The van der Waals surface area contributed by atoms with Crippen LogP contribution in [0.1, 0.15) is 27.7 Å². The van der Waals surface area contributed by atoms with Crippen molar-refractivity contribution in [1.29, 1.82) is 0 Å². The summed E-state index contributed by atoms with van der Waals surface area (Å²) in [6.45, 7) is 8.52. The Labute approximate surface area is 111 Å². The molecule has 17 heavy (non-hydrogen) atoms. The molecule has 0 amide bonds. The summed E-state index contributed by atoms with van der Waals surface area (Å²) in [5.74, 6) is 0.869. The molecule has 0 bridgehead atoms. The van der Waals surface area contributed by atoms with Gasteiger partial charge in [-0.25, -0.2) is 0 Å². The summed E-state index contributed by atoms with van der Waals surface area (Å²) >= 11 is 1.47. The zero-order chi connectivity index (χ0) is 13.9. The van der Waals surface area contributed by atoms with Crippen molar-refractivity contribution >= 4 is 18.0 Å². The molecule has 0 rings (SSSR count). The molecule has 0 aromatic heterocycles. The molecule has 5 heteroatoms. The molecule has 0 radical (unpaired) electrons. The number of rotatable bonds is 6. The van der Waals surface area contributed by atoms with Gasteiger partial charge in [0, 0.05) is 6.66 Å². The van der Waals surface area contributed by atoms with Crippen LogP contribution < -0.4 is 0 Å². The van der Waals surface area contributed by atoms with Crippen LogP contribution in [0.15, 0.2) is 0 Å². The molecular weight excluding hydrogens is 253 g/mol. The zero-order valence-corrected chi connectivity index (χ0v) is 14.3. The molecule has 0 N–H and O–H groups in total. The third-order valence-corrected chi connectivity index (χ3v) is 6.40. The van der Waals surface area contributed by atoms with Crippen molar-refractivity contribution in [3.05, 3.63) is 0 Å². The Morgan fingerprint density at radius 1 is 1.29 bits per heavy atom. The molecule has 0 saturated heterocycles. The van der Waals surface area contributed by atoms with Gasteiger partial charge in [0.2, 0.25) is 0 Å². The van der Waals surface area contributed by atoms with Crippen molar-refractivity contribution in [1.82, 2.24) is 0 Å². The van der Waals surface area contributed by atoms with E-state index in [-0.39, 0.29) is 11.5 Å². The molecule has 0 spiro atoms. The van der Waals surface area contributed by atoms with E-state index < -0.39 is 6.57 Å². The number of hydrogen-bond donors (Lipinski definition) is 0. The lowest BCUT2D eigenvalue weighted by Gasteiger charge is -2.30. The molecule has 0 aromatic carbocycles. The van der Waals surface area contributed by atoms with Crippen molar-refractivity contribution in [2.75, 3.05) is 40.1 Å². The first-order valence-corrected chi connectivity index (χ1v) is 9.71. The quantitative estimate of drug-likeness (QED) is 0.549. The second kappa shape index (κ2) is 6.10. The van der Waals surface area contributed by atoms with Crippen molar-refractivity contribution in [3.63, 3.8) is 0 Å². The zero-order valence-electron chi connectivity index (χ0n) is 12.6. The van der Waals surface area contributed by atoms with Gasteiger partial charge >= 0.3 is 0 Å². The topological polar surface area (TPSA) is 26.3 Å².